The largest absolute Gasteiger partial charge is 0.465 e. The van der Waals surface area contributed by atoms with Crippen LogP contribution in [0.15, 0.2) is 42.6 Å². The number of carbonyl (C=O) groups is 2. The molecule has 0 aliphatic carbocycles. The summed E-state index contributed by atoms with van der Waals surface area (Å²) in [4.78, 5) is 24.7. The lowest BCUT2D eigenvalue weighted by Gasteiger charge is -2.23. The SMILES string of the molecule is COC(=O)c1cc(Cl)cn2c([C@@H](COCc3ccccc3)NC(=O)C(C)(C)N)nnc12. The molecular formula is C21H24ClN5O4. The summed E-state index contributed by atoms with van der Waals surface area (Å²) in [6.07, 6.45) is 1.56. The van der Waals surface area contributed by atoms with Crippen molar-refractivity contribution in [1.82, 2.24) is 19.9 Å². The average Bonchev–Trinajstić information content (AvgIpc) is 3.15. The Morgan fingerprint density at radius 1 is 1.26 bits per heavy atom. The van der Waals surface area contributed by atoms with Gasteiger partial charge in [-0.05, 0) is 25.5 Å². The van der Waals surface area contributed by atoms with E-state index >= 15 is 0 Å². The Morgan fingerprint density at radius 3 is 2.61 bits per heavy atom. The van der Waals surface area contributed by atoms with Crippen LogP contribution in [0.4, 0.5) is 0 Å². The van der Waals surface area contributed by atoms with Crippen LogP contribution in [0, 0.1) is 0 Å². The number of ether oxygens (including phenoxy) is 2. The standard InChI is InChI=1S/C21H24ClN5O4/c1-21(2,23)20(29)24-16(12-31-11-13-7-5-4-6-8-13)18-26-25-17-15(19(28)30-3)9-14(22)10-27(17)18/h4-10,16H,11-12,23H2,1-3H3,(H,24,29)/t16-/m1/s1. The zero-order valence-corrected chi connectivity index (χ0v) is 18.2. The van der Waals surface area contributed by atoms with E-state index in [2.05, 4.69) is 15.5 Å². The van der Waals surface area contributed by atoms with Gasteiger partial charge in [-0.25, -0.2) is 4.79 Å². The van der Waals surface area contributed by atoms with Crippen molar-refractivity contribution in [3.05, 3.63) is 64.6 Å². The molecule has 164 valence electrons. The van der Waals surface area contributed by atoms with E-state index in [0.29, 0.717) is 12.4 Å². The first-order chi connectivity index (χ1) is 14.7. The number of methoxy groups -OCH3 is 1. The van der Waals surface area contributed by atoms with Crippen molar-refractivity contribution in [3.63, 3.8) is 0 Å². The summed E-state index contributed by atoms with van der Waals surface area (Å²) in [5.41, 5.74) is 6.21. The summed E-state index contributed by atoms with van der Waals surface area (Å²) in [6, 6.07) is 10.4. The molecule has 1 atom stereocenters. The number of rotatable bonds is 8. The van der Waals surface area contributed by atoms with Crippen molar-refractivity contribution >= 4 is 29.1 Å². The van der Waals surface area contributed by atoms with Gasteiger partial charge in [0.2, 0.25) is 5.91 Å². The molecule has 0 unspecified atom stereocenters. The van der Waals surface area contributed by atoms with Gasteiger partial charge < -0.3 is 20.5 Å². The van der Waals surface area contributed by atoms with Crippen LogP contribution in [-0.2, 0) is 20.9 Å². The van der Waals surface area contributed by atoms with Crippen LogP contribution >= 0.6 is 11.6 Å². The Bertz CT molecular complexity index is 1080. The van der Waals surface area contributed by atoms with Gasteiger partial charge in [0, 0.05) is 6.20 Å². The summed E-state index contributed by atoms with van der Waals surface area (Å²) in [6.45, 7) is 3.62. The van der Waals surface area contributed by atoms with E-state index in [1.54, 1.807) is 20.0 Å². The van der Waals surface area contributed by atoms with Crippen LogP contribution in [-0.4, -0.2) is 45.7 Å². The Hall–Kier alpha value is -3.01. The molecule has 1 amide bonds. The molecule has 0 spiro atoms. The van der Waals surface area contributed by atoms with Gasteiger partial charge in [-0.1, -0.05) is 41.9 Å². The van der Waals surface area contributed by atoms with Crippen LogP contribution < -0.4 is 11.1 Å². The predicted octanol–water partition coefficient (Wildman–Crippen LogP) is 2.28. The topological polar surface area (TPSA) is 121 Å². The first-order valence-corrected chi connectivity index (χ1v) is 9.92. The minimum Gasteiger partial charge on any atom is -0.465 e. The molecule has 2 heterocycles. The molecule has 3 rings (SSSR count). The number of hydrogen-bond donors (Lipinski definition) is 2. The van der Waals surface area contributed by atoms with E-state index in [1.807, 2.05) is 30.3 Å². The first-order valence-electron chi connectivity index (χ1n) is 9.54. The zero-order chi connectivity index (χ0) is 22.6. The van der Waals surface area contributed by atoms with Crippen LogP contribution in [0.2, 0.25) is 5.02 Å². The fourth-order valence-electron chi connectivity index (χ4n) is 2.87. The third-order valence-electron chi connectivity index (χ3n) is 4.50. The number of aromatic nitrogens is 3. The van der Waals surface area contributed by atoms with Crippen LogP contribution in [0.5, 0.6) is 0 Å². The summed E-state index contributed by atoms with van der Waals surface area (Å²) >= 11 is 6.20. The maximum absolute atomic E-state index is 12.6. The number of hydrogen-bond acceptors (Lipinski definition) is 7. The van der Waals surface area contributed by atoms with Gasteiger partial charge in [0.05, 0.1) is 30.9 Å². The van der Waals surface area contributed by atoms with Crippen molar-refractivity contribution in [2.75, 3.05) is 13.7 Å². The maximum Gasteiger partial charge on any atom is 0.341 e. The number of amides is 1. The molecule has 31 heavy (non-hydrogen) atoms. The van der Waals surface area contributed by atoms with Crippen LogP contribution in [0.25, 0.3) is 5.65 Å². The maximum atomic E-state index is 12.6. The molecule has 1 aromatic carbocycles. The van der Waals surface area contributed by atoms with Crippen molar-refractivity contribution in [1.29, 1.82) is 0 Å². The van der Waals surface area contributed by atoms with Gasteiger partial charge in [-0.15, -0.1) is 10.2 Å². The smallest absolute Gasteiger partial charge is 0.341 e. The lowest BCUT2D eigenvalue weighted by molar-refractivity contribution is -0.126. The molecule has 0 fully saturated rings. The molecule has 0 aliphatic rings. The van der Waals surface area contributed by atoms with Gasteiger partial charge in [-0.3, -0.25) is 9.20 Å². The number of benzene rings is 1. The van der Waals surface area contributed by atoms with Crippen LogP contribution in [0.1, 0.15) is 41.6 Å². The van der Waals surface area contributed by atoms with E-state index in [1.165, 1.54) is 17.6 Å². The number of nitrogens with two attached hydrogens (primary N) is 1. The summed E-state index contributed by atoms with van der Waals surface area (Å²) < 4.78 is 12.2. The van der Waals surface area contributed by atoms with Gasteiger partial charge >= 0.3 is 5.97 Å². The highest BCUT2D eigenvalue weighted by molar-refractivity contribution is 6.31. The predicted molar refractivity (Wildman–Crippen MR) is 115 cm³/mol. The lowest BCUT2D eigenvalue weighted by atomic mass is 10.1. The lowest BCUT2D eigenvalue weighted by Crippen LogP contribution is -2.50. The highest BCUT2D eigenvalue weighted by Gasteiger charge is 2.29. The zero-order valence-electron chi connectivity index (χ0n) is 17.5. The van der Waals surface area contributed by atoms with E-state index in [-0.39, 0.29) is 22.8 Å². The Labute approximate surface area is 184 Å². The summed E-state index contributed by atoms with van der Waals surface area (Å²) in [5, 5.41) is 11.4. The molecule has 0 aliphatic heterocycles. The van der Waals surface area contributed by atoms with Gasteiger partial charge in [0.25, 0.3) is 0 Å². The normalized spacial score (nSPS) is 12.5. The van der Waals surface area contributed by atoms with E-state index in [0.717, 1.165) is 5.56 Å². The van der Waals surface area contributed by atoms with E-state index in [9.17, 15) is 9.59 Å². The second-order valence-electron chi connectivity index (χ2n) is 7.56. The van der Waals surface area contributed by atoms with Crippen molar-refractivity contribution in [2.45, 2.75) is 32.0 Å². The molecule has 0 saturated heterocycles. The number of nitrogens with one attached hydrogen (secondary N) is 1. The molecule has 3 aromatic rings. The quantitative estimate of drug-likeness (QED) is 0.510. The van der Waals surface area contributed by atoms with Crippen molar-refractivity contribution in [2.24, 2.45) is 5.73 Å². The molecule has 9 nitrogen and oxygen atoms in total. The second kappa shape index (κ2) is 9.42. The number of pyridine rings is 1. The summed E-state index contributed by atoms with van der Waals surface area (Å²) in [5.74, 6) is -0.656. The molecule has 3 N–H and O–H groups in total. The van der Waals surface area contributed by atoms with E-state index < -0.39 is 23.5 Å². The fraction of sp³-hybridized carbons (Fsp3) is 0.333. The van der Waals surface area contributed by atoms with Gasteiger partial charge in [0.1, 0.15) is 11.6 Å². The Balaban J connectivity index is 1.94. The Kier molecular flexibility index (Phi) is 6.89. The van der Waals surface area contributed by atoms with Gasteiger partial charge in [0.15, 0.2) is 11.5 Å². The second-order valence-corrected chi connectivity index (χ2v) is 8.00. The minimum absolute atomic E-state index is 0.0948. The molecule has 0 radical (unpaired) electrons. The van der Waals surface area contributed by atoms with Crippen molar-refractivity contribution in [3.8, 4) is 0 Å². The average molecular weight is 446 g/mol. The molecule has 2 aromatic heterocycles. The molecule has 0 saturated carbocycles. The minimum atomic E-state index is -1.12. The molecular weight excluding hydrogens is 422 g/mol. The number of esters is 1. The van der Waals surface area contributed by atoms with Crippen molar-refractivity contribution < 1.29 is 19.1 Å². The monoisotopic (exact) mass is 445 g/mol. The Morgan fingerprint density at radius 2 is 1.97 bits per heavy atom. The highest BCUT2D eigenvalue weighted by Crippen LogP contribution is 2.22. The first kappa shape index (κ1) is 22.7. The molecule has 0 bridgehead atoms. The summed E-state index contributed by atoms with van der Waals surface area (Å²) in [7, 11) is 1.26. The number of nitrogens with zero attached hydrogens (tertiary/aromatic N) is 3. The highest BCUT2D eigenvalue weighted by atomic mass is 35.5. The number of carbonyl (C=O) groups excluding carboxylic acids is 2. The fourth-order valence-corrected chi connectivity index (χ4v) is 3.08. The third-order valence-corrected chi connectivity index (χ3v) is 4.71. The third kappa shape index (κ3) is 5.38. The number of fused-ring (bicyclic) bond motifs is 1. The number of halogens is 1. The molecule has 10 heteroatoms. The van der Waals surface area contributed by atoms with E-state index in [4.69, 9.17) is 26.8 Å². The van der Waals surface area contributed by atoms with Crippen LogP contribution in [0.3, 0.4) is 0 Å². The van der Waals surface area contributed by atoms with Gasteiger partial charge in [-0.2, -0.15) is 0 Å².